The van der Waals surface area contributed by atoms with Gasteiger partial charge in [-0.05, 0) is 80.1 Å². The fourth-order valence-corrected chi connectivity index (χ4v) is 5.22. The molecular weight excluding hydrogens is 565 g/mol. The minimum Gasteiger partial charge on any atom is -0.487 e. The maximum atomic E-state index is 13.5. The molecule has 0 bridgehead atoms. The number of pyridine rings is 1. The summed E-state index contributed by atoms with van der Waals surface area (Å²) in [5.41, 5.74) is 1.38. The van der Waals surface area contributed by atoms with Crippen molar-refractivity contribution in [1.29, 1.82) is 0 Å². The SMILES string of the molecule is CC(C)(C)OC(=O)N1CCOCC1C#Cc1cc2sccc2c(Nc2ccc(OCc3cccc(F)c3)c(Cl)c2)n1. The molecule has 5 rings (SSSR count). The fraction of sp³-hybridized carbons (Fsp3) is 0.290. The molecule has 1 amide bonds. The molecule has 0 saturated carbocycles. The quantitative estimate of drug-likeness (QED) is 0.243. The van der Waals surface area contributed by atoms with Gasteiger partial charge < -0.3 is 19.5 Å². The van der Waals surface area contributed by atoms with Gasteiger partial charge in [-0.25, -0.2) is 14.2 Å². The lowest BCUT2D eigenvalue weighted by molar-refractivity contribution is -0.0198. The zero-order valence-electron chi connectivity index (χ0n) is 22.9. The lowest BCUT2D eigenvalue weighted by atomic mass is 10.2. The number of nitrogens with one attached hydrogen (secondary N) is 1. The third kappa shape index (κ3) is 7.47. The van der Waals surface area contributed by atoms with E-state index in [1.807, 2.05) is 44.4 Å². The highest BCUT2D eigenvalue weighted by Crippen LogP contribution is 2.33. The van der Waals surface area contributed by atoms with Gasteiger partial charge in [0.2, 0.25) is 0 Å². The molecule has 10 heteroatoms. The molecule has 1 fully saturated rings. The van der Waals surface area contributed by atoms with Crippen molar-refractivity contribution in [2.24, 2.45) is 0 Å². The van der Waals surface area contributed by atoms with Crippen molar-refractivity contribution in [3.63, 3.8) is 0 Å². The van der Waals surface area contributed by atoms with Gasteiger partial charge in [0.05, 0.1) is 18.2 Å². The number of amides is 1. The van der Waals surface area contributed by atoms with Gasteiger partial charge in [0, 0.05) is 22.3 Å². The molecule has 0 aliphatic carbocycles. The Morgan fingerprint density at radius 3 is 2.88 bits per heavy atom. The second-order valence-electron chi connectivity index (χ2n) is 10.4. The third-order valence-electron chi connectivity index (χ3n) is 6.05. The number of carbonyl (C=O) groups excluding carboxylic acids is 1. The molecule has 41 heavy (non-hydrogen) atoms. The van der Waals surface area contributed by atoms with Crippen LogP contribution in [0.25, 0.3) is 10.1 Å². The summed E-state index contributed by atoms with van der Waals surface area (Å²) in [6.07, 6.45) is -0.413. The molecule has 0 radical (unpaired) electrons. The summed E-state index contributed by atoms with van der Waals surface area (Å²) in [6.45, 7) is 6.83. The Hall–Kier alpha value is -3.84. The van der Waals surface area contributed by atoms with Gasteiger partial charge in [-0.2, -0.15) is 0 Å². The van der Waals surface area contributed by atoms with Gasteiger partial charge in [-0.3, -0.25) is 4.90 Å². The standard InChI is InChI=1S/C31H29ClFN3O4S/c1-31(2,3)40-30(37)36-12-13-38-19-24(36)9-7-23-17-28-25(11-14-41-28)29(35-23)34-22-8-10-27(26(32)16-22)39-18-20-5-4-6-21(33)15-20/h4-6,8,10-11,14-17,24H,12-13,18-19H2,1-3H3,(H,34,35). The number of hydrogen-bond donors (Lipinski definition) is 1. The summed E-state index contributed by atoms with van der Waals surface area (Å²) >= 11 is 8.08. The molecule has 4 aromatic rings. The second-order valence-corrected chi connectivity index (χ2v) is 11.8. The topological polar surface area (TPSA) is 72.9 Å². The van der Waals surface area contributed by atoms with E-state index in [0.29, 0.717) is 47.6 Å². The Labute approximate surface area is 247 Å². The summed E-state index contributed by atoms with van der Waals surface area (Å²) in [7, 11) is 0. The molecule has 3 heterocycles. The number of aromatic nitrogens is 1. The first-order valence-electron chi connectivity index (χ1n) is 13.1. The molecular formula is C31H29ClFN3O4S. The highest BCUT2D eigenvalue weighted by Gasteiger charge is 2.30. The highest BCUT2D eigenvalue weighted by molar-refractivity contribution is 7.17. The Morgan fingerprint density at radius 2 is 2.10 bits per heavy atom. The van der Waals surface area contributed by atoms with Crippen LogP contribution in [-0.4, -0.2) is 47.4 Å². The zero-order valence-corrected chi connectivity index (χ0v) is 24.4. The van der Waals surface area contributed by atoms with Crippen LogP contribution < -0.4 is 10.1 Å². The van der Waals surface area contributed by atoms with E-state index in [0.717, 1.165) is 15.8 Å². The number of rotatable bonds is 5. The normalized spacial score (nSPS) is 15.2. The Bertz CT molecular complexity index is 1630. The maximum absolute atomic E-state index is 13.5. The second kappa shape index (κ2) is 12.4. The van der Waals surface area contributed by atoms with Gasteiger partial charge in [-0.15, -0.1) is 11.3 Å². The van der Waals surface area contributed by atoms with Gasteiger partial charge >= 0.3 is 6.09 Å². The molecule has 1 saturated heterocycles. The average Bonchev–Trinajstić information content (AvgIpc) is 3.40. The summed E-state index contributed by atoms with van der Waals surface area (Å²) in [6, 6.07) is 15.0. The van der Waals surface area contributed by atoms with Crippen LogP contribution in [0, 0.1) is 17.7 Å². The Kier molecular flexibility index (Phi) is 8.64. The van der Waals surface area contributed by atoms with Crippen molar-refractivity contribution in [2.75, 3.05) is 25.1 Å². The van der Waals surface area contributed by atoms with Crippen LogP contribution >= 0.6 is 22.9 Å². The molecule has 7 nitrogen and oxygen atoms in total. The molecule has 2 aromatic carbocycles. The predicted octanol–water partition coefficient (Wildman–Crippen LogP) is 7.40. The van der Waals surface area contributed by atoms with E-state index in [4.69, 9.17) is 30.8 Å². The van der Waals surface area contributed by atoms with Gasteiger partial charge in [0.1, 0.15) is 41.3 Å². The van der Waals surface area contributed by atoms with E-state index in [2.05, 4.69) is 17.2 Å². The number of fused-ring (bicyclic) bond motifs is 1. The largest absolute Gasteiger partial charge is 0.487 e. The van der Waals surface area contributed by atoms with Gasteiger partial charge in [-0.1, -0.05) is 29.7 Å². The molecule has 1 aliphatic heterocycles. The molecule has 1 aliphatic rings. The summed E-state index contributed by atoms with van der Waals surface area (Å²) in [5, 5.41) is 6.68. The lowest BCUT2D eigenvalue weighted by Crippen LogP contribution is -2.49. The summed E-state index contributed by atoms with van der Waals surface area (Å²) in [4.78, 5) is 19.1. The van der Waals surface area contributed by atoms with Crippen LogP contribution in [0.1, 0.15) is 32.0 Å². The summed E-state index contributed by atoms with van der Waals surface area (Å²) in [5.74, 6) is 7.08. The number of benzene rings is 2. The van der Waals surface area contributed by atoms with Gasteiger partial charge in [0.15, 0.2) is 0 Å². The maximum Gasteiger partial charge on any atom is 0.411 e. The minimum atomic E-state index is -0.603. The van der Waals surface area contributed by atoms with E-state index < -0.39 is 17.7 Å². The van der Waals surface area contributed by atoms with Crippen LogP contribution in [0.3, 0.4) is 0 Å². The van der Waals surface area contributed by atoms with E-state index in [1.54, 1.807) is 40.5 Å². The number of thiophene rings is 1. The van der Waals surface area contributed by atoms with Crippen LogP contribution in [0.5, 0.6) is 5.75 Å². The van der Waals surface area contributed by atoms with Crippen molar-refractivity contribution in [3.05, 3.63) is 82.1 Å². The smallest absolute Gasteiger partial charge is 0.411 e. The van der Waals surface area contributed by atoms with E-state index in [1.165, 1.54) is 12.1 Å². The molecule has 2 aromatic heterocycles. The number of halogens is 2. The van der Waals surface area contributed by atoms with Crippen LogP contribution in [-0.2, 0) is 16.1 Å². The van der Waals surface area contributed by atoms with E-state index >= 15 is 0 Å². The minimum absolute atomic E-state index is 0.194. The summed E-state index contributed by atoms with van der Waals surface area (Å²) < 4.78 is 31.4. The van der Waals surface area contributed by atoms with Crippen molar-refractivity contribution in [1.82, 2.24) is 9.88 Å². The number of ether oxygens (including phenoxy) is 3. The monoisotopic (exact) mass is 593 g/mol. The first-order chi connectivity index (χ1) is 19.6. The number of carbonyl (C=O) groups is 1. The van der Waals surface area contributed by atoms with Crippen molar-refractivity contribution in [3.8, 4) is 17.6 Å². The van der Waals surface area contributed by atoms with Crippen molar-refractivity contribution in [2.45, 2.75) is 39.0 Å². The van der Waals surface area contributed by atoms with Crippen LogP contribution in [0.15, 0.2) is 60.0 Å². The van der Waals surface area contributed by atoms with Crippen LogP contribution in [0.2, 0.25) is 5.02 Å². The predicted molar refractivity (Wildman–Crippen MR) is 160 cm³/mol. The molecule has 1 N–H and O–H groups in total. The van der Waals surface area contributed by atoms with Crippen molar-refractivity contribution >= 4 is 50.6 Å². The number of morpholine rings is 1. The highest BCUT2D eigenvalue weighted by atomic mass is 35.5. The Morgan fingerprint density at radius 1 is 1.24 bits per heavy atom. The molecule has 1 unspecified atom stereocenters. The van der Waals surface area contributed by atoms with Gasteiger partial charge in [0.25, 0.3) is 0 Å². The van der Waals surface area contributed by atoms with Crippen LogP contribution in [0.4, 0.5) is 20.7 Å². The molecule has 0 spiro atoms. The first-order valence-corrected chi connectivity index (χ1v) is 14.3. The third-order valence-corrected chi connectivity index (χ3v) is 7.21. The lowest BCUT2D eigenvalue weighted by Gasteiger charge is -2.34. The number of anilines is 2. The molecule has 212 valence electrons. The molecule has 1 atom stereocenters. The number of nitrogens with zero attached hydrogens (tertiary/aromatic N) is 2. The van der Waals surface area contributed by atoms with Crippen molar-refractivity contribution < 1.29 is 23.4 Å². The Balaban J connectivity index is 1.33. The van der Waals surface area contributed by atoms with E-state index in [9.17, 15) is 9.18 Å². The average molecular weight is 594 g/mol. The number of hydrogen-bond acceptors (Lipinski definition) is 7. The zero-order chi connectivity index (χ0) is 29.0. The fourth-order valence-electron chi connectivity index (χ4n) is 4.16. The first kappa shape index (κ1) is 28.7. The van der Waals surface area contributed by atoms with E-state index in [-0.39, 0.29) is 12.4 Å².